The van der Waals surface area contributed by atoms with Gasteiger partial charge in [0.05, 0.1) is 0 Å². The van der Waals surface area contributed by atoms with Gasteiger partial charge in [-0.2, -0.15) is 0 Å². The number of rotatable bonds is 9. The van der Waals surface area contributed by atoms with Crippen LogP contribution in [0.15, 0.2) is 22.7 Å². The van der Waals surface area contributed by atoms with Crippen LogP contribution in [0.4, 0.5) is 0 Å². The van der Waals surface area contributed by atoms with Crippen LogP contribution in [0.25, 0.3) is 0 Å². The summed E-state index contributed by atoms with van der Waals surface area (Å²) in [5.74, 6) is 0. The molecule has 1 rings (SSSR count). The van der Waals surface area contributed by atoms with Crippen molar-refractivity contribution in [2.75, 3.05) is 0 Å². The number of thioether (sulfide) groups is 1. The third kappa shape index (κ3) is 7.00. The Kier molecular flexibility index (Phi) is 8.41. The van der Waals surface area contributed by atoms with Gasteiger partial charge >= 0.3 is 0 Å². The van der Waals surface area contributed by atoms with E-state index < -0.39 is 0 Å². The number of hydrogen-bond acceptors (Lipinski definition) is 1. The van der Waals surface area contributed by atoms with Crippen LogP contribution in [0, 0.1) is 0 Å². The molecule has 0 N–H and O–H groups in total. The molecule has 0 aromatic heterocycles. The second kappa shape index (κ2) is 9.83. The molecule has 0 bridgehead atoms. The zero-order valence-corrected chi connectivity index (χ0v) is 11.3. The van der Waals surface area contributed by atoms with Crippen molar-refractivity contribution in [3.63, 3.8) is 0 Å². The predicted octanol–water partition coefficient (Wildman–Crippen LogP) is 5.18. The first-order chi connectivity index (χ1) is 7.93. The van der Waals surface area contributed by atoms with Gasteiger partial charge in [0.2, 0.25) is 0 Å². The van der Waals surface area contributed by atoms with E-state index in [1.54, 1.807) is 0 Å². The fraction of sp³-hybridized carbons (Fsp3) is 0.714. The smallest absolute Gasteiger partial charge is 0.0366 e. The lowest BCUT2D eigenvalue weighted by atomic mass is 10.1. The summed E-state index contributed by atoms with van der Waals surface area (Å²) >= 11 is 1.82. The van der Waals surface area contributed by atoms with Crippen LogP contribution < -0.4 is 5.32 Å². The molecule has 0 amide bonds. The number of allylic oxidation sites excluding steroid dienone is 1. The quantitative estimate of drug-likeness (QED) is 0.505. The molecule has 0 fully saturated rings. The van der Waals surface area contributed by atoms with Crippen molar-refractivity contribution < 1.29 is 0 Å². The van der Waals surface area contributed by atoms with E-state index in [0.29, 0.717) is 0 Å². The molecule has 0 unspecified atom stereocenters. The van der Waals surface area contributed by atoms with Crippen LogP contribution in [0.5, 0.6) is 0 Å². The van der Waals surface area contributed by atoms with E-state index in [2.05, 4.69) is 17.6 Å². The highest BCUT2D eigenvalue weighted by atomic mass is 32.2. The second-order valence-electron chi connectivity index (χ2n) is 4.37. The molecule has 0 saturated heterocycles. The highest BCUT2D eigenvalue weighted by Gasteiger charge is 2.00. The van der Waals surface area contributed by atoms with Crippen molar-refractivity contribution in [2.24, 2.45) is 0 Å². The minimum atomic E-state index is 1.22. The number of nitrogens with zero attached hydrogens (tertiary/aromatic N) is 1. The fourth-order valence-corrected chi connectivity index (χ4v) is 2.56. The first-order valence-electron chi connectivity index (χ1n) is 6.64. The van der Waals surface area contributed by atoms with E-state index in [1.165, 1.54) is 62.7 Å². The van der Waals surface area contributed by atoms with E-state index in [1.807, 2.05) is 24.2 Å². The first kappa shape index (κ1) is 13.7. The maximum atomic E-state index is 4.14. The molecule has 0 aromatic rings. The third-order valence-electron chi connectivity index (χ3n) is 2.86. The van der Waals surface area contributed by atoms with E-state index in [-0.39, 0.29) is 0 Å². The van der Waals surface area contributed by atoms with Crippen molar-refractivity contribution >= 4 is 11.8 Å². The van der Waals surface area contributed by atoms with Crippen molar-refractivity contribution in [2.45, 2.75) is 64.7 Å². The molecule has 2 heteroatoms. The lowest BCUT2D eigenvalue weighted by Gasteiger charge is -2.06. The van der Waals surface area contributed by atoms with Crippen LogP contribution >= 0.6 is 11.8 Å². The van der Waals surface area contributed by atoms with Gasteiger partial charge in [0.25, 0.3) is 0 Å². The number of hydrogen-bond donors (Lipinski definition) is 0. The Hall–Kier alpha value is -0.370. The van der Waals surface area contributed by atoms with Gasteiger partial charge in [-0.15, -0.1) is 0 Å². The largest absolute Gasteiger partial charge is 0.263 e. The highest BCUT2D eigenvalue weighted by Crippen LogP contribution is 2.25. The van der Waals surface area contributed by atoms with E-state index >= 15 is 0 Å². The first-order valence-corrected chi connectivity index (χ1v) is 7.52. The van der Waals surface area contributed by atoms with Gasteiger partial charge in [0, 0.05) is 17.3 Å². The molecule has 91 valence electrons. The lowest BCUT2D eigenvalue weighted by Crippen LogP contribution is -1.90. The molecule has 1 aliphatic rings. The summed E-state index contributed by atoms with van der Waals surface area (Å²) < 4.78 is 0. The maximum absolute atomic E-state index is 4.14. The third-order valence-corrected chi connectivity index (χ3v) is 3.73. The van der Waals surface area contributed by atoms with E-state index in [9.17, 15) is 0 Å². The molecular formula is C14H24NS. The highest BCUT2D eigenvalue weighted by molar-refractivity contribution is 8.05. The minimum absolute atomic E-state index is 1.22. The van der Waals surface area contributed by atoms with Gasteiger partial charge in [-0.05, 0) is 18.2 Å². The van der Waals surface area contributed by atoms with Gasteiger partial charge in [0.15, 0.2) is 0 Å². The summed E-state index contributed by atoms with van der Waals surface area (Å²) in [4.78, 5) is 1.42. The Morgan fingerprint density at radius 2 is 1.69 bits per heavy atom. The normalized spacial score (nSPS) is 14.7. The Labute approximate surface area is 105 Å². The average molecular weight is 238 g/mol. The molecule has 1 aliphatic heterocycles. The maximum Gasteiger partial charge on any atom is 0.0366 e. The average Bonchev–Trinajstić information content (AvgIpc) is 2.34. The van der Waals surface area contributed by atoms with Gasteiger partial charge in [-0.3, -0.25) is 5.32 Å². The van der Waals surface area contributed by atoms with Crippen molar-refractivity contribution in [3.8, 4) is 0 Å². The van der Waals surface area contributed by atoms with Crippen LogP contribution in [-0.2, 0) is 0 Å². The zero-order chi connectivity index (χ0) is 11.5. The monoisotopic (exact) mass is 238 g/mol. The Morgan fingerprint density at radius 3 is 2.31 bits per heavy atom. The molecule has 0 aromatic carbocycles. The van der Waals surface area contributed by atoms with Crippen LogP contribution in [0.2, 0.25) is 0 Å². The SMILES string of the molecule is CCCCCCCCCCC1=C[N]C=CS1. The molecular weight excluding hydrogens is 214 g/mol. The van der Waals surface area contributed by atoms with Crippen molar-refractivity contribution in [1.82, 2.24) is 5.32 Å². The zero-order valence-electron chi connectivity index (χ0n) is 10.5. The molecule has 1 heterocycles. The lowest BCUT2D eigenvalue weighted by molar-refractivity contribution is 0.577. The summed E-state index contributed by atoms with van der Waals surface area (Å²) in [6.07, 6.45) is 16.3. The second-order valence-corrected chi connectivity index (χ2v) is 5.40. The van der Waals surface area contributed by atoms with E-state index in [4.69, 9.17) is 0 Å². The Balaban J connectivity index is 1.83. The minimum Gasteiger partial charge on any atom is -0.263 e. The topological polar surface area (TPSA) is 14.1 Å². The molecule has 0 aliphatic carbocycles. The summed E-state index contributed by atoms with van der Waals surface area (Å²) in [6, 6.07) is 0. The van der Waals surface area contributed by atoms with Crippen molar-refractivity contribution in [1.29, 1.82) is 0 Å². The summed E-state index contributed by atoms with van der Waals surface area (Å²) in [7, 11) is 0. The van der Waals surface area contributed by atoms with Gasteiger partial charge in [-0.25, -0.2) is 0 Å². The molecule has 16 heavy (non-hydrogen) atoms. The molecule has 0 spiro atoms. The van der Waals surface area contributed by atoms with Crippen molar-refractivity contribution in [3.05, 3.63) is 22.7 Å². The van der Waals surface area contributed by atoms with Gasteiger partial charge in [-0.1, -0.05) is 63.6 Å². The summed E-state index contributed by atoms with van der Waals surface area (Å²) in [5, 5.41) is 6.21. The Bertz CT molecular complexity index is 221. The van der Waals surface area contributed by atoms with Crippen LogP contribution in [-0.4, -0.2) is 0 Å². The van der Waals surface area contributed by atoms with Gasteiger partial charge < -0.3 is 0 Å². The standard InChI is InChI=1S/C14H24NS/c1-2-3-4-5-6-7-8-9-10-14-13-15-11-12-16-14/h11-13H,2-10H2,1H3. The fourth-order valence-electron chi connectivity index (χ4n) is 1.87. The van der Waals surface area contributed by atoms with E-state index in [0.717, 1.165) is 0 Å². The summed E-state index contributed by atoms with van der Waals surface area (Å²) in [5.41, 5.74) is 0. The number of unbranched alkanes of at least 4 members (excludes halogenated alkanes) is 7. The summed E-state index contributed by atoms with van der Waals surface area (Å²) in [6.45, 7) is 2.27. The molecule has 1 radical (unpaired) electrons. The molecule has 1 nitrogen and oxygen atoms in total. The Morgan fingerprint density at radius 1 is 1.00 bits per heavy atom. The predicted molar refractivity (Wildman–Crippen MR) is 74.2 cm³/mol. The molecule has 0 atom stereocenters. The van der Waals surface area contributed by atoms with Crippen LogP contribution in [0.3, 0.4) is 0 Å². The molecule has 0 saturated carbocycles. The van der Waals surface area contributed by atoms with Crippen LogP contribution in [0.1, 0.15) is 64.7 Å². The van der Waals surface area contributed by atoms with Gasteiger partial charge in [0.1, 0.15) is 0 Å².